The Hall–Kier alpha value is -2.17. The molecule has 0 radical (unpaired) electrons. The van der Waals surface area contributed by atoms with E-state index in [1.165, 1.54) is 12.1 Å². The van der Waals surface area contributed by atoms with E-state index in [-0.39, 0.29) is 17.9 Å². The van der Waals surface area contributed by atoms with Gasteiger partial charge in [-0.1, -0.05) is 12.1 Å². The predicted molar refractivity (Wildman–Crippen MR) is 76.1 cm³/mol. The van der Waals surface area contributed by atoms with Gasteiger partial charge >= 0.3 is 6.18 Å². The molecule has 0 aliphatic rings. The summed E-state index contributed by atoms with van der Waals surface area (Å²) in [6.45, 7) is 3.73. The van der Waals surface area contributed by atoms with Crippen LogP contribution in [-0.4, -0.2) is 0 Å². The zero-order valence-corrected chi connectivity index (χ0v) is 11.8. The molecule has 0 aromatic heterocycles. The number of benzene rings is 2. The molecule has 0 aliphatic carbocycles. The highest BCUT2D eigenvalue weighted by Crippen LogP contribution is 2.33. The maximum Gasteiger partial charge on any atom is 0.416 e. The standard InChI is InChI=1S/C16H16F3NO/c1-10-3-6-14(7-11(10)2)21-9-12-4-5-13(20)8-15(12)16(17,18)19/h3-8H,9,20H2,1-2H3. The summed E-state index contributed by atoms with van der Waals surface area (Å²) in [5, 5.41) is 0. The van der Waals surface area contributed by atoms with Crippen LogP contribution in [0.15, 0.2) is 36.4 Å². The Morgan fingerprint density at radius 2 is 1.71 bits per heavy atom. The average Bonchev–Trinajstić information content (AvgIpc) is 2.40. The summed E-state index contributed by atoms with van der Waals surface area (Å²) in [6.07, 6.45) is -4.45. The lowest BCUT2D eigenvalue weighted by Crippen LogP contribution is -2.11. The molecule has 0 saturated heterocycles. The van der Waals surface area contributed by atoms with E-state index in [2.05, 4.69) is 0 Å². The molecule has 0 fully saturated rings. The highest BCUT2D eigenvalue weighted by atomic mass is 19.4. The number of rotatable bonds is 3. The Balaban J connectivity index is 2.22. The molecule has 0 spiro atoms. The van der Waals surface area contributed by atoms with Crippen molar-refractivity contribution in [3.05, 3.63) is 58.7 Å². The van der Waals surface area contributed by atoms with Gasteiger partial charge in [-0.3, -0.25) is 0 Å². The summed E-state index contributed by atoms with van der Waals surface area (Å²) in [4.78, 5) is 0. The number of hydrogen-bond donors (Lipinski definition) is 1. The monoisotopic (exact) mass is 295 g/mol. The summed E-state index contributed by atoms with van der Waals surface area (Å²) in [6, 6.07) is 9.14. The van der Waals surface area contributed by atoms with E-state index in [4.69, 9.17) is 10.5 Å². The van der Waals surface area contributed by atoms with E-state index in [1.54, 1.807) is 12.1 Å². The fraction of sp³-hybridized carbons (Fsp3) is 0.250. The van der Waals surface area contributed by atoms with Crippen LogP contribution in [-0.2, 0) is 12.8 Å². The number of aryl methyl sites for hydroxylation is 2. The van der Waals surface area contributed by atoms with Gasteiger partial charge in [-0.05, 0) is 49.2 Å². The maximum atomic E-state index is 13.0. The van der Waals surface area contributed by atoms with Gasteiger partial charge in [0.2, 0.25) is 0 Å². The Morgan fingerprint density at radius 3 is 2.33 bits per heavy atom. The Morgan fingerprint density at radius 1 is 1.00 bits per heavy atom. The number of hydrogen-bond acceptors (Lipinski definition) is 2. The Kier molecular flexibility index (Phi) is 4.11. The normalized spacial score (nSPS) is 11.5. The predicted octanol–water partition coefficient (Wildman–Crippen LogP) is 4.48. The van der Waals surface area contributed by atoms with E-state index in [9.17, 15) is 13.2 Å². The molecule has 2 aromatic carbocycles. The van der Waals surface area contributed by atoms with Crippen molar-refractivity contribution in [3.8, 4) is 5.75 Å². The lowest BCUT2D eigenvalue weighted by molar-refractivity contribution is -0.138. The van der Waals surface area contributed by atoms with E-state index >= 15 is 0 Å². The number of anilines is 1. The molecular weight excluding hydrogens is 279 g/mol. The molecule has 21 heavy (non-hydrogen) atoms. The number of halogens is 3. The molecule has 0 bridgehead atoms. The highest BCUT2D eigenvalue weighted by Gasteiger charge is 2.33. The molecular formula is C16H16F3NO. The van der Waals surface area contributed by atoms with Crippen LogP contribution in [0.4, 0.5) is 18.9 Å². The lowest BCUT2D eigenvalue weighted by atomic mass is 10.1. The molecule has 0 saturated carbocycles. The van der Waals surface area contributed by atoms with E-state index in [0.29, 0.717) is 5.75 Å². The molecule has 0 atom stereocenters. The minimum absolute atomic E-state index is 0.0647. The fourth-order valence-electron chi connectivity index (χ4n) is 1.95. The third kappa shape index (κ3) is 3.68. The van der Waals surface area contributed by atoms with Crippen LogP contribution in [0.5, 0.6) is 5.75 Å². The summed E-state index contributed by atoms with van der Waals surface area (Å²) in [5.41, 5.74) is 6.95. The van der Waals surface area contributed by atoms with Crippen LogP contribution in [0.3, 0.4) is 0 Å². The number of nitrogen functional groups attached to an aromatic ring is 1. The minimum atomic E-state index is -4.45. The molecule has 112 valence electrons. The summed E-state index contributed by atoms with van der Waals surface area (Å²) >= 11 is 0. The number of ether oxygens (including phenoxy) is 1. The fourth-order valence-corrected chi connectivity index (χ4v) is 1.95. The zero-order chi connectivity index (χ0) is 15.6. The second kappa shape index (κ2) is 5.68. The van der Waals surface area contributed by atoms with Crippen molar-refractivity contribution < 1.29 is 17.9 Å². The van der Waals surface area contributed by atoms with Crippen molar-refractivity contribution >= 4 is 5.69 Å². The second-order valence-electron chi connectivity index (χ2n) is 4.95. The molecule has 2 rings (SSSR count). The largest absolute Gasteiger partial charge is 0.489 e. The van der Waals surface area contributed by atoms with Crippen molar-refractivity contribution in [2.45, 2.75) is 26.6 Å². The summed E-state index contributed by atoms with van der Waals surface area (Å²) in [5.74, 6) is 0.544. The molecule has 0 amide bonds. The van der Waals surface area contributed by atoms with Crippen LogP contribution in [0.25, 0.3) is 0 Å². The van der Waals surface area contributed by atoms with E-state index in [1.807, 2.05) is 19.9 Å². The van der Waals surface area contributed by atoms with Gasteiger partial charge in [-0.15, -0.1) is 0 Å². The first-order valence-corrected chi connectivity index (χ1v) is 6.43. The van der Waals surface area contributed by atoms with E-state index < -0.39 is 11.7 Å². The third-order valence-corrected chi connectivity index (χ3v) is 3.31. The Bertz CT molecular complexity index is 650. The van der Waals surface area contributed by atoms with Gasteiger partial charge in [0, 0.05) is 11.3 Å². The second-order valence-corrected chi connectivity index (χ2v) is 4.95. The van der Waals surface area contributed by atoms with Crippen LogP contribution < -0.4 is 10.5 Å². The molecule has 0 aliphatic heterocycles. The smallest absolute Gasteiger partial charge is 0.416 e. The van der Waals surface area contributed by atoms with Gasteiger partial charge in [0.1, 0.15) is 12.4 Å². The topological polar surface area (TPSA) is 35.2 Å². The molecule has 0 unspecified atom stereocenters. The molecule has 2 nitrogen and oxygen atoms in total. The molecule has 2 aromatic rings. The van der Waals surface area contributed by atoms with Crippen molar-refractivity contribution in [1.82, 2.24) is 0 Å². The third-order valence-electron chi connectivity index (χ3n) is 3.31. The van der Waals surface area contributed by atoms with Crippen molar-refractivity contribution in [3.63, 3.8) is 0 Å². The van der Waals surface area contributed by atoms with Crippen molar-refractivity contribution in [2.75, 3.05) is 5.73 Å². The molecule has 0 heterocycles. The molecule has 2 N–H and O–H groups in total. The minimum Gasteiger partial charge on any atom is -0.489 e. The van der Waals surface area contributed by atoms with Gasteiger partial charge in [0.25, 0.3) is 0 Å². The highest BCUT2D eigenvalue weighted by molar-refractivity contribution is 5.46. The van der Waals surface area contributed by atoms with Crippen LogP contribution in [0.2, 0.25) is 0 Å². The van der Waals surface area contributed by atoms with E-state index in [0.717, 1.165) is 17.2 Å². The van der Waals surface area contributed by atoms with Gasteiger partial charge in [-0.2, -0.15) is 13.2 Å². The van der Waals surface area contributed by atoms with Crippen LogP contribution in [0.1, 0.15) is 22.3 Å². The first-order chi connectivity index (χ1) is 9.77. The van der Waals surface area contributed by atoms with Gasteiger partial charge in [0.15, 0.2) is 0 Å². The molecule has 5 heteroatoms. The summed E-state index contributed by atoms with van der Waals surface area (Å²) in [7, 11) is 0. The van der Waals surface area contributed by atoms with Crippen LogP contribution in [0, 0.1) is 13.8 Å². The first-order valence-electron chi connectivity index (χ1n) is 6.43. The van der Waals surface area contributed by atoms with Gasteiger partial charge in [-0.25, -0.2) is 0 Å². The van der Waals surface area contributed by atoms with Gasteiger partial charge < -0.3 is 10.5 Å². The van der Waals surface area contributed by atoms with Gasteiger partial charge in [0.05, 0.1) is 5.56 Å². The maximum absolute atomic E-state index is 13.0. The quantitative estimate of drug-likeness (QED) is 0.847. The number of nitrogens with two attached hydrogens (primary N) is 1. The SMILES string of the molecule is Cc1ccc(OCc2ccc(N)cc2C(F)(F)F)cc1C. The van der Waals surface area contributed by atoms with Crippen molar-refractivity contribution in [2.24, 2.45) is 0 Å². The summed E-state index contributed by atoms with van der Waals surface area (Å²) < 4.78 is 44.3. The zero-order valence-electron chi connectivity index (χ0n) is 11.8. The van der Waals surface area contributed by atoms with Crippen LogP contribution >= 0.6 is 0 Å². The Labute approximate surface area is 121 Å². The average molecular weight is 295 g/mol. The lowest BCUT2D eigenvalue weighted by Gasteiger charge is -2.15. The number of alkyl halides is 3. The van der Waals surface area contributed by atoms with Crippen molar-refractivity contribution in [1.29, 1.82) is 0 Å². The first kappa shape index (κ1) is 15.2.